The molecule has 0 spiro atoms. The van der Waals surface area contributed by atoms with Crippen LogP contribution in [-0.2, 0) is 16.1 Å². The van der Waals surface area contributed by atoms with E-state index in [2.05, 4.69) is 10.6 Å². The lowest BCUT2D eigenvalue weighted by Crippen LogP contribution is -2.49. The SMILES string of the molecule is Cl.O=C(COC1CNC1)NCc1ccsc1. The third kappa shape index (κ3) is 4.09. The van der Waals surface area contributed by atoms with E-state index in [1.165, 1.54) is 0 Å². The number of ether oxygens (including phenoxy) is 1. The highest BCUT2D eigenvalue weighted by molar-refractivity contribution is 7.07. The molecule has 0 aliphatic carbocycles. The summed E-state index contributed by atoms with van der Waals surface area (Å²) in [5.41, 5.74) is 1.14. The highest BCUT2D eigenvalue weighted by Gasteiger charge is 2.17. The summed E-state index contributed by atoms with van der Waals surface area (Å²) in [5, 5.41) is 9.92. The number of amides is 1. The molecule has 1 aromatic rings. The molecule has 1 saturated heterocycles. The molecule has 0 aromatic carbocycles. The molecule has 0 bridgehead atoms. The second-order valence-electron chi connectivity index (χ2n) is 3.50. The second-order valence-corrected chi connectivity index (χ2v) is 4.28. The van der Waals surface area contributed by atoms with Gasteiger partial charge in [-0.2, -0.15) is 11.3 Å². The minimum absolute atomic E-state index is 0. The van der Waals surface area contributed by atoms with Gasteiger partial charge in [-0.3, -0.25) is 4.79 Å². The lowest BCUT2D eigenvalue weighted by molar-refractivity contribution is -0.128. The third-order valence-corrected chi connectivity index (χ3v) is 3.00. The number of halogens is 1. The van der Waals surface area contributed by atoms with Crippen molar-refractivity contribution in [3.63, 3.8) is 0 Å². The third-order valence-electron chi connectivity index (χ3n) is 2.26. The van der Waals surface area contributed by atoms with Crippen LogP contribution in [0.2, 0.25) is 0 Å². The molecule has 2 rings (SSSR count). The van der Waals surface area contributed by atoms with Gasteiger partial charge >= 0.3 is 0 Å². The van der Waals surface area contributed by atoms with Gasteiger partial charge in [0.25, 0.3) is 0 Å². The molecule has 0 atom stereocenters. The summed E-state index contributed by atoms with van der Waals surface area (Å²) < 4.78 is 5.34. The Morgan fingerprint density at radius 1 is 1.62 bits per heavy atom. The molecule has 6 heteroatoms. The van der Waals surface area contributed by atoms with E-state index < -0.39 is 0 Å². The Labute approximate surface area is 105 Å². The maximum Gasteiger partial charge on any atom is 0.246 e. The molecule has 2 N–H and O–H groups in total. The monoisotopic (exact) mass is 262 g/mol. The fourth-order valence-corrected chi connectivity index (χ4v) is 1.89. The van der Waals surface area contributed by atoms with Gasteiger partial charge in [0.15, 0.2) is 0 Å². The summed E-state index contributed by atoms with van der Waals surface area (Å²) in [6.07, 6.45) is 0.219. The molecule has 1 fully saturated rings. The number of rotatable bonds is 5. The maximum absolute atomic E-state index is 11.3. The Morgan fingerprint density at radius 2 is 2.44 bits per heavy atom. The van der Waals surface area contributed by atoms with E-state index >= 15 is 0 Å². The van der Waals surface area contributed by atoms with Crippen LogP contribution in [0.15, 0.2) is 16.8 Å². The maximum atomic E-state index is 11.3. The van der Waals surface area contributed by atoms with Crippen molar-refractivity contribution in [1.29, 1.82) is 0 Å². The molecule has 4 nitrogen and oxygen atoms in total. The molecule has 1 aromatic heterocycles. The lowest BCUT2D eigenvalue weighted by Gasteiger charge is -2.26. The molecular formula is C10H15ClN2O2S. The summed E-state index contributed by atoms with van der Waals surface area (Å²) >= 11 is 1.63. The van der Waals surface area contributed by atoms with E-state index in [1.807, 2.05) is 16.8 Å². The van der Waals surface area contributed by atoms with Gasteiger partial charge in [-0.25, -0.2) is 0 Å². The van der Waals surface area contributed by atoms with Crippen LogP contribution < -0.4 is 10.6 Å². The van der Waals surface area contributed by atoms with Crippen LogP contribution in [-0.4, -0.2) is 31.7 Å². The average Bonchev–Trinajstić information content (AvgIpc) is 2.64. The Hall–Kier alpha value is -0.620. The Morgan fingerprint density at radius 3 is 3.00 bits per heavy atom. The number of hydrogen-bond donors (Lipinski definition) is 2. The molecule has 0 saturated carbocycles. The fraction of sp³-hybridized carbons (Fsp3) is 0.500. The predicted molar refractivity (Wildman–Crippen MR) is 66.0 cm³/mol. The largest absolute Gasteiger partial charge is 0.366 e. The molecule has 0 unspecified atom stereocenters. The van der Waals surface area contributed by atoms with E-state index in [-0.39, 0.29) is 31.0 Å². The standard InChI is InChI=1S/C10H14N2O2S.ClH/c13-10(6-14-9-4-11-5-9)12-3-8-1-2-15-7-8;/h1-2,7,9,11H,3-6H2,(H,12,13);1H. The van der Waals surface area contributed by atoms with Crippen LogP contribution >= 0.6 is 23.7 Å². The van der Waals surface area contributed by atoms with Crippen LogP contribution in [0, 0.1) is 0 Å². The van der Waals surface area contributed by atoms with Crippen LogP contribution in [0.5, 0.6) is 0 Å². The first-order chi connectivity index (χ1) is 7.34. The van der Waals surface area contributed by atoms with E-state index in [0.29, 0.717) is 6.54 Å². The van der Waals surface area contributed by atoms with Gasteiger partial charge in [0.05, 0.1) is 6.10 Å². The molecule has 16 heavy (non-hydrogen) atoms. The highest BCUT2D eigenvalue weighted by atomic mass is 35.5. The minimum Gasteiger partial charge on any atom is -0.366 e. The first-order valence-corrected chi connectivity index (χ1v) is 5.89. The number of nitrogens with one attached hydrogen (secondary N) is 2. The van der Waals surface area contributed by atoms with E-state index in [4.69, 9.17) is 4.74 Å². The van der Waals surface area contributed by atoms with Crippen molar-refractivity contribution in [3.8, 4) is 0 Å². The molecule has 90 valence electrons. The normalized spacial score (nSPS) is 15.0. The Bertz CT molecular complexity index is 315. The summed E-state index contributed by atoms with van der Waals surface area (Å²) in [6.45, 7) is 2.47. The van der Waals surface area contributed by atoms with Gasteiger partial charge < -0.3 is 15.4 Å². The molecule has 1 amide bonds. The zero-order chi connectivity index (χ0) is 10.5. The zero-order valence-corrected chi connectivity index (χ0v) is 10.4. The highest BCUT2D eigenvalue weighted by Crippen LogP contribution is 2.04. The Balaban J connectivity index is 0.00000128. The molecule has 1 aliphatic rings. The van der Waals surface area contributed by atoms with Crippen molar-refractivity contribution in [2.75, 3.05) is 19.7 Å². The van der Waals surface area contributed by atoms with E-state index in [9.17, 15) is 4.79 Å². The summed E-state index contributed by atoms with van der Waals surface area (Å²) in [6, 6.07) is 2.00. The van der Waals surface area contributed by atoms with Gasteiger partial charge in [0, 0.05) is 19.6 Å². The number of carbonyl (C=O) groups is 1. The summed E-state index contributed by atoms with van der Waals surface area (Å²) in [5.74, 6) is -0.0481. The van der Waals surface area contributed by atoms with Crippen molar-refractivity contribution in [2.24, 2.45) is 0 Å². The van der Waals surface area contributed by atoms with Gasteiger partial charge in [0.1, 0.15) is 6.61 Å². The quantitative estimate of drug-likeness (QED) is 0.824. The smallest absolute Gasteiger partial charge is 0.246 e. The van der Waals surface area contributed by atoms with E-state index in [1.54, 1.807) is 11.3 Å². The first kappa shape index (κ1) is 13.4. The van der Waals surface area contributed by atoms with Gasteiger partial charge in [-0.15, -0.1) is 12.4 Å². The van der Waals surface area contributed by atoms with Gasteiger partial charge in [-0.1, -0.05) is 0 Å². The average molecular weight is 263 g/mol. The number of thiophene rings is 1. The number of carbonyl (C=O) groups excluding carboxylic acids is 1. The van der Waals surface area contributed by atoms with Gasteiger partial charge in [-0.05, 0) is 22.4 Å². The van der Waals surface area contributed by atoms with Crippen molar-refractivity contribution >= 4 is 29.7 Å². The topological polar surface area (TPSA) is 50.4 Å². The molecule has 2 heterocycles. The summed E-state index contributed by atoms with van der Waals surface area (Å²) in [4.78, 5) is 11.3. The van der Waals surface area contributed by atoms with Crippen LogP contribution in [0.3, 0.4) is 0 Å². The van der Waals surface area contributed by atoms with Gasteiger partial charge in [0.2, 0.25) is 5.91 Å². The molecular weight excluding hydrogens is 248 g/mol. The van der Waals surface area contributed by atoms with Crippen molar-refractivity contribution in [2.45, 2.75) is 12.6 Å². The van der Waals surface area contributed by atoms with Crippen LogP contribution in [0.25, 0.3) is 0 Å². The second kappa shape index (κ2) is 6.85. The van der Waals surface area contributed by atoms with Crippen molar-refractivity contribution < 1.29 is 9.53 Å². The summed E-state index contributed by atoms with van der Waals surface area (Å²) in [7, 11) is 0. The van der Waals surface area contributed by atoms with Crippen molar-refractivity contribution in [1.82, 2.24) is 10.6 Å². The number of hydrogen-bond acceptors (Lipinski definition) is 4. The van der Waals surface area contributed by atoms with Crippen LogP contribution in [0.1, 0.15) is 5.56 Å². The van der Waals surface area contributed by atoms with Crippen LogP contribution in [0.4, 0.5) is 0 Å². The first-order valence-electron chi connectivity index (χ1n) is 4.94. The van der Waals surface area contributed by atoms with E-state index in [0.717, 1.165) is 18.7 Å². The molecule has 1 aliphatic heterocycles. The van der Waals surface area contributed by atoms with Crippen molar-refractivity contribution in [3.05, 3.63) is 22.4 Å². The lowest BCUT2D eigenvalue weighted by atomic mass is 10.2. The Kier molecular flexibility index (Phi) is 5.76. The predicted octanol–water partition coefficient (Wildman–Crippen LogP) is 0.774. The fourth-order valence-electron chi connectivity index (χ4n) is 1.22. The molecule has 0 radical (unpaired) electrons. The zero-order valence-electron chi connectivity index (χ0n) is 8.77. The minimum atomic E-state index is -0.0481.